The highest BCUT2D eigenvalue weighted by molar-refractivity contribution is 5.27. The molecule has 2 nitrogen and oxygen atoms in total. The molecule has 3 heteroatoms. The van der Waals surface area contributed by atoms with Gasteiger partial charge in [-0.25, -0.2) is 4.39 Å². The molecule has 1 N–H and O–H groups in total. The number of hydrogen-bond donors (Lipinski definition) is 1. The summed E-state index contributed by atoms with van der Waals surface area (Å²) in [5.74, 6) is -0.120. The average Bonchev–Trinajstić information content (AvgIpc) is 2.31. The van der Waals surface area contributed by atoms with Crippen LogP contribution in [0.25, 0.3) is 0 Å². The predicted molar refractivity (Wildman–Crippen MR) is 57.3 cm³/mol. The summed E-state index contributed by atoms with van der Waals surface area (Å²) in [4.78, 5) is 0. The van der Waals surface area contributed by atoms with Gasteiger partial charge >= 0.3 is 0 Å². The molecule has 0 spiro atoms. The molecule has 1 aromatic rings. The predicted octanol–water partition coefficient (Wildman–Crippen LogP) is 2.05. The lowest BCUT2D eigenvalue weighted by atomic mass is 10.0. The smallest absolute Gasteiger partial charge is 0.126 e. The summed E-state index contributed by atoms with van der Waals surface area (Å²) in [5.41, 5.74) is 1.84. The van der Waals surface area contributed by atoms with E-state index in [2.05, 4.69) is 5.32 Å². The van der Waals surface area contributed by atoms with Crippen LogP contribution in [0.15, 0.2) is 18.2 Å². The van der Waals surface area contributed by atoms with Crippen LogP contribution in [-0.2, 0) is 11.2 Å². The molecule has 0 bridgehead atoms. The number of halogens is 1. The van der Waals surface area contributed by atoms with Crippen molar-refractivity contribution >= 4 is 0 Å². The summed E-state index contributed by atoms with van der Waals surface area (Å²) in [6.07, 6.45) is 0.796. The highest BCUT2D eigenvalue weighted by atomic mass is 19.1. The first-order valence-electron chi connectivity index (χ1n) is 5.42. The maximum absolute atomic E-state index is 13.3. The Labute approximate surface area is 89.4 Å². The number of nitrogens with one attached hydrogen (secondary N) is 1. The van der Waals surface area contributed by atoms with Gasteiger partial charge in [-0.3, -0.25) is 0 Å². The molecule has 0 aromatic heterocycles. The highest BCUT2D eigenvalue weighted by Crippen LogP contribution is 2.21. The van der Waals surface area contributed by atoms with Crippen molar-refractivity contribution < 1.29 is 9.13 Å². The number of ether oxygens (including phenoxy) is 1. The van der Waals surface area contributed by atoms with Crippen molar-refractivity contribution in [3.05, 3.63) is 35.1 Å². The molecule has 0 aliphatic carbocycles. The summed E-state index contributed by atoms with van der Waals surface area (Å²) in [7, 11) is 0. The van der Waals surface area contributed by atoms with E-state index in [1.165, 1.54) is 6.07 Å². The highest BCUT2D eigenvalue weighted by Gasteiger charge is 2.16. The van der Waals surface area contributed by atoms with Crippen molar-refractivity contribution in [1.29, 1.82) is 0 Å². The second-order valence-electron chi connectivity index (χ2n) is 3.77. The fourth-order valence-electron chi connectivity index (χ4n) is 1.85. The molecule has 1 aliphatic heterocycles. The van der Waals surface area contributed by atoms with Crippen molar-refractivity contribution in [2.24, 2.45) is 0 Å². The first-order chi connectivity index (χ1) is 7.31. The monoisotopic (exact) mass is 209 g/mol. The van der Waals surface area contributed by atoms with Crippen LogP contribution in [0, 0.1) is 5.82 Å². The van der Waals surface area contributed by atoms with Gasteiger partial charge in [0.25, 0.3) is 0 Å². The Morgan fingerprint density at radius 2 is 2.40 bits per heavy atom. The van der Waals surface area contributed by atoms with Crippen LogP contribution in [0.4, 0.5) is 4.39 Å². The van der Waals surface area contributed by atoms with Gasteiger partial charge in [0.2, 0.25) is 0 Å². The van der Waals surface area contributed by atoms with Gasteiger partial charge < -0.3 is 10.1 Å². The minimum absolute atomic E-state index is 0.0737. The van der Waals surface area contributed by atoms with Crippen molar-refractivity contribution in [3.8, 4) is 0 Å². The third kappa shape index (κ3) is 2.36. The third-order valence-corrected chi connectivity index (χ3v) is 2.75. The second-order valence-corrected chi connectivity index (χ2v) is 3.77. The van der Waals surface area contributed by atoms with Gasteiger partial charge in [-0.1, -0.05) is 19.1 Å². The van der Waals surface area contributed by atoms with E-state index >= 15 is 0 Å². The lowest BCUT2D eigenvalue weighted by molar-refractivity contribution is 0.0276. The van der Waals surface area contributed by atoms with Gasteiger partial charge in [0.05, 0.1) is 12.7 Å². The van der Waals surface area contributed by atoms with E-state index in [1.807, 2.05) is 19.1 Å². The van der Waals surface area contributed by atoms with Gasteiger partial charge in [0, 0.05) is 13.1 Å². The number of aryl methyl sites for hydroxylation is 1. The van der Waals surface area contributed by atoms with Crippen LogP contribution >= 0.6 is 0 Å². The Bertz CT molecular complexity index is 334. The fraction of sp³-hybridized carbons (Fsp3) is 0.500. The van der Waals surface area contributed by atoms with Crippen LogP contribution in [0.2, 0.25) is 0 Å². The van der Waals surface area contributed by atoms with Gasteiger partial charge in [-0.2, -0.15) is 0 Å². The van der Waals surface area contributed by atoms with Gasteiger partial charge in [-0.05, 0) is 23.6 Å². The van der Waals surface area contributed by atoms with Crippen molar-refractivity contribution in [2.45, 2.75) is 19.4 Å². The van der Waals surface area contributed by atoms with E-state index in [0.29, 0.717) is 0 Å². The third-order valence-electron chi connectivity index (χ3n) is 2.75. The van der Waals surface area contributed by atoms with E-state index in [0.717, 1.165) is 37.2 Å². The fourth-order valence-corrected chi connectivity index (χ4v) is 1.85. The summed E-state index contributed by atoms with van der Waals surface area (Å²) >= 11 is 0. The number of hydrogen-bond acceptors (Lipinski definition) is 2. The maximum atomic E-state index is 13.3. The standard InChI is InChI=1S/C12H16FNO/c1-2-9-7-10(3-4-11(9)13)12-8-14-5-6-15-12/h3-4,7,12,14H,2,5-6,8H2,1H3. The topological polar surface area (TPSA) is 21.3 Å². The first-order valence-corrected chi connectivity index (χ1v) is 5.42. The molecule has 1 fully saturated rings. The molecule has 1 atom stereocenters. The molecule has 0 amide bonds. The molecule has 15 heavy (non-hydrogen) atoms. The lowest BCUT2D eigenvalue weighted by Crippen LogP contribution is -2.33. The Kier molecular flexibility index (Phi) is 3.34. The number of rotatable bonds is 2. The minimum Gasteiger partial charge on any atom is -0.371 e. The molecule has 82 valence electrons. The summed E-state index contributed by atoms with van der Waals surface area (Å²) in [6, 6.07) is 5.26. The van der Waals surface area contributed by atoms with E-state index in [9.17, 15) is 4.39 Å². The molecular formula is C12H16FNO. The van der Waals surface area contributed by atoms with E-state index in [1.54, 1.807) is 0 Å². The molecule has 1 aromatic carbocycles. The molecular weight excluding hydrogens is 193 g/mol. The van der Waals surface area contributed by atoms with Crippen LogP contribution in [0.5, 0.6) is 0 Å². The average molecular weight is 209 g/mol. The van der Waals surface area contributed by atoms with Crippen molar-refractivity contribution in [2.75, 3.05) is 19.7 Å². The maximum Gasteiger partial charge on any atom is 0.126 e. The Morgan fingerprint density at radius 3 is 3.07 bits per heavy atom. The molecule has 0 saturated carbocycles. The Hall–Kier alpha value is -0.930. The lowest BCUT2D eigenvalue weighted by Gasteiger charge is -2.24. The number of morpholine rings is 1. The molecule has 1 aliphatic rings. The summed E-state index contributed by atoms with van der Waals surface area (Å²) < 4.78 is 18.9. The molecule has 2 rings (SSSR count). The van der Waals surface area contributed by atoms with Crippen molar-refractivity contribution in [1.82, 2.24) is 5.32 Å². The zero-order valence-electron chi connectivity index (χ0n) is 8.92. The first kappa shape index (κ1) is 10.6. The Balaban J connectivity index is 2.20. The van der Waals surface area contributed by atoms with Gasteiger partial charge in [0.15, 0.2) is 0 Å². The van der Waals surface area contributed by atoms with Crippen LogP contribution in [0.1, 0.15) is 24.2 Å². The quantitative estimate of drug-likeness (QED) is 0.805. The van der Waals surface area contributed by atoms with Crippen LogP contribution in [0.3, 0.4) is 0 Å². The normalized spacial score (nSPS) is 21.6. The van der Waals surface area contributed by atoms with Crippen LogP contribution in [-0.4, -0.2) is 19.7 Å². The van der Waals surface area contributed by atoms with Gasteiger partial charge in [0.1, 0.15) is 5.82 Å². The molecule has 0 radical (unpaired) electrons. The SMILES string of the molecule is CCc1cc(C2CNCCO2)ccc1F. The summed E-state index contributed by atoms with van der Waals surface area (Å²) in [6.45, 7) is 4.40. The van der Waals surface area contributed by atoms with Crippen LogP contribution < -0.4 is 5.32 Å². The largest absolute Gasteiger partial charge is 0.371 e. The van der Waals surface area contributed by atoms with E-state index < -0.39 is 0 Å². The minimum atomic E-state index is -0.120. The second kappa shape index (κ2) is 4.73. The zero-order valence-corrected chi connectivity index (χ0v) is 8.92. The number of benzene rings is 1. The Morgan fingerprint density at radius 1 is 1.53 bits per heavy atom. The molecule has 1 saturated heterocycles. The summed E-state index contributed by atoms with van der Waals surface area (Å²) in [5, 5.41) is 3.27. The van der Waals surface area contributed by atoms with Gasteiger partial charge in [-0.15, -0.1) is 0 Å². The molecule has 1 unspecified atom stereocenters. The van der Waals surface area contributed by atoms with E-state index in [4.69, 9.17) is 4.74 Å². The zero-order chi connectivity index (χ0) is 10.7. The van der Waals surface area contributed by atoms with E-state index in [-0.39, 0.29) is 11.9 Å². The molecule has 1 heterocycles. The van der Waals surface area contributed by atoms with Crippen molar-refractivity contribution in [3.63, 3.8) is 0 Å².